The van der Waals surface area contributed by atoms with Crippen molar-refractivity contribution in [2.45, 2.75) is 50.8 Å². The molecular weight excluding hydrogens is 468 g/mol. The molecule has 2 aromatic carbocycles. The molecule has 0 saturated carbocycles. The molecule has 2 N–H and O–H groups in total. The number of aromatic nitrogens is 1. The van der Waals surface area contributed by atoms with Crippen LogP contribution in [0.4, 0.5) is 4.39 Å². The zero-order valence-electron chi connectivity index (χ0n) is 20.4. The van der Waals surface area contributed by atoms with Crippen molar-refractivity contribution in [2.24, 2.45) is 0 Å². The second kappa shape index (κ2) is 10.3. The maximum Gasteiger partial charge on any atom is 0.529 e. The molecule has 184 valence electrons. The third-order valence-electron chi connectivity index (χ3n) is 6.45. The lowest BCUT2D eigenvalue weighted by atomic mass is 9.74. The largest absolute Gasteiger partial charge is 0.529 e. The van der Waals surface area contributed by atoms with Gasteiger partial charge >= 0.3 is 19.2 Å². The van der Waals surface area contributed by atoms with E-state index >= 15 is 0 Å². The van der Waals surface area contributed by atoms with Crippen LogP contribution >= 0.6 is 8.03 Å². The standard InChI is InChI=1S/C27H29FNO5P/c1-6-27(25(30)31,35(33)34-5)26(4,32)23-21(18-12-14-20(28)15-13-18)16-22(29-24(23)17(2)3)19-10-8-7-9-11-19/h7-17,32H,6H2,1-5H3/p+1. The molecule has 0 aliphatic heterocycles. The van der Waals surface area contributed by atoms with Crippen LogP contribution in [0.2, 0.25) is 0 Å². The number of pyridine rings is 1. The summed E-state index contributed by atoms with van der Waals surface area (Å²) in [5, 5.41) is 20.2. The number of carboxylic acids is 1. The molecule has 1 aromatic heterocycles. The Kier molecular flexibility index (Phi) is 7.85. The number of carbonyl (C=O) groups is 1. The van der Waals surface area contributed by atoms with E-state index in [1.165, 1.54) is 19.1 Å². The first kappa shape index (κ1) is 26.6. The number of aliphatic carboxylic acids is 1. The summed E-state index contributed by atoms with van der Waals surface area (Å²) in [6, 6.07) is 16.9. The van der Waals surface area contributed by atoms with E-state index in [9.17, 15) is 24.0 Å². The van der Waals surface area contributed by atoms with E-state index in [1.807, 2.05) is 44.2 Å². The van der Waals surface area contributed by atoms with Crippen LogP contribution in [0.1, 0.15) is 51.3 Å². The van der Waals surface area contributed by atoms with Crippen LogP contribution in [0, 0.1) is 5.82 Å². The third-order valence-corrected chi connectivity index (χ3v) is 8.35. The minimum Gasteiger partial charge on any atom is -0.477 e. The smallest absolute Gasteiger partial charge is 0.477 e. The molecule has 0 saturated heterocycles. The monoisotopic (exact) mass is 498 g/mol. The van der Waals surface area contributed by atoms with Gasteiger partial charge in [0.25, 0.3) is 0 Å². The molecule has 3 rings (SSSR count). The Labute approximate surface area is 205 Å². The van der Waals surface area contributed by atoms with E-state index in [1.54, 1.807) is 25.1 Å². The molecule has 35 heavy (non-hydrogen) atoms. The molecular formula is C27H30FNO5P+. The highest BCUT2D eigenvalue weighted by atomic mass is 31.1. The summed E-state index contributed by atoms with van der Waals surface area (Å²) in [7, 11) is -1.68. The number of benzene rings is 2. The Hall–Kier alpha value is -2.99. The van der Waals surface area contributed by atoms with E-state index in [2.05, 4.69) is 0 Å². The first-order valence-corrected chi connectivity index (χ1v) is 12.5. The van der Waals surface area contributed by atoms with Crippen LogP contribution in [-0.4, -0.2) is 33.4 Å². The molecule has 0 radical (unpaired) electrons. The van der Waals surface area contributed by atoms with E-state index in [-0.39, 0.29) is 17.9 Å². The van der Waals surface area contributed by atoms with Gasteiger partial charge in [-0.2, -0.15) is 0 Å². The molecule has 0 fully saturated rings. The number of rotatable bonds is 9. The molecule has 1 heterocycles. The summed E-state index contributed by atoms with van der Waals surface area (Å²) < 4.78 is 31.9. The van der Waals surface area contributed by atoms with Gasteiger partial charge in [-0.25, -0.2) is 9.18 Å². The number of carboxylic acid groups (broad SMARTS) is 1. The predicted molar refractivity (Wildman–Crippen MR) is 134 cm³/mol. The fourth-order valence-corrected chi connectivity index (χ4v) is 5.75. The SMILES string of the molecule is CCC(C(=O)O)([P+](=O)OC)C(C)(O)c1c(-c2ccc(F)cc2)cc(-c2ccccc2)nc1C(C)C. The van der Waals surface area contributed by atoms with Crippen LogP contribution in [0.15, 0.2) is 60.7 Å². The second-order valence-corrected chi connectivity index (χ2v) is 10.5. The average Bonchev–Trinajstić information content (AvgIpc) is 2.84. The van der Waals surface area contributed by atoms with Crippen molar-refractivity contribution in [3.63, 3.8) is 0 Å². The van der Waals surface area contributed by atoms with Crippen LogP contribution in [0.25, 0.3) is 22.4 Å². The fourth-order valence-electron chi connectivity index (χ4n) is 4.56. The van der Waals surface area contributed by atoms with Gasteiger partial charge < -0.3 is 10.2 Å². The molecule has 0 amide bonds. The minimum atomic E-state index is -2.83. The first-order valence-electron chi connectivity index (χ1n) is 11.3. The van der Waals surface area contributed by atoms with Gasteiger partial charge in [0.05, 0.1) is 18.5 Å². The van der Waals surface area contributed by atoms with Crippen molar-refractivity contribution in [3.05, 3.63) is 77.7 Å². The number of hydrogen-bond acceptors (Lipinski definition) is 5. The minimum absolute atomic E-state index is 0.167. The first-order chi connectivity index (χ1) is 16.5. The lowest BCUT2D eigenvalue weighted by Gasteiger charge is -2.36. The fraction of sp³-hybridized carbons (Fsp3) is 0.333. The Morgan fingerprint density at radius 3 is 2.20 bits per heavy atom. The quantitative estimate of drug-likeness (QED) is 0.327. The Balaban J connectivity index is 2.49. The van der Waals surface area contributed by atoms with Crippen molar-refractivity contribution < 1.29 is 28.5 Å². The van der Waals surface area contributed by atoms with Gasteiger partial charge in [-0.3, -0.25) is 4.98 Å². The van der Waals surface area contributed by atoms with Crippen molar-refractivity contribution in [1.82, 2.24) is 4.98 Å². The molecule has 0 bridgehead atoms. The zero-order valence-corrected chi connectivity index (χ0v) is 21.3. The highest BCUT2D eigenvalue weighted by Gasteiger charge is 2.70. The van der Waals surface area contributed by atoms with Gasteiger partial charge in [0.2, 0.25) is 0 Å². The molecule has 0 spiro atoms. The van der Waals surface area contributed by atoms with Crippen LogP contribution < -0.4 is 0 Å². The average molecular weight is 499 g/mol. The number of aliphatic hydroxyl groups is 1. The molecule has 0 aliphatic carbocycles. The van der Waals surface area contributed by atoms with Crippen molar-refractivity contribution in [2.75, 3.05) is 7.11 Å². The highest BCUT2D eigenvalue weighted by Crippen LogP contribution is 2.56. The summed E-state index contributed by atoms with van der Waals surface area (Å²) >= 11 is 0. The van der Waals surface area contributed by atoms with Crippen molar-refractivity contribution in [3.8, 4) is 22.4 Å². The van der Waals surface area contributed by atoms with Gasteiger partial charge in [0, 0.05) is 17.5 Å². The molecule has 3 atom stereocenters. The Bertz CT molecular complexity index is 1230. The second-order valence-electron chi connectivity index (χ2n) is 8.87. The number of nitrogens with zero attached hydrogens (tertiary/aromatic N) is 1. The molecule has 0 aliphatic rings. The van der Waals surface area contributed by atoms with Crippen molar-refractivity contribution in [1.29, 1.82) is 0 Å². The number of halogens is 1. The lowest BCUT2D eigenvalue weighted by Crippen LogP contribution is -2.53. The molecule has 3 unspecified atom stereocenters. The summed E-state index contributed by atoms with van der Waals surface area (Å²) in [6.45, 7) is 6.66. The Morgan fingerprint density at radius 2 is 1.71 bits per heavy atom. The van der Waals surface area contributed by atoms with E-state index in [0.717, 1.165) is 12.7 Å². The van der Waals surface area contributed by atoms with Gasteiger partial charge in [-0.1, -0.05) is 63.2 Å². The van der Waals surface area contributed by atoms with Gasteiger partial charge in [-0.15, -0.1) is 4.52 Å². The molecule has 6 nitrogen and oxygen atoms in total. The van der Waals surface area contributed by atoms with Gasteiger partial charge in [0.1, 0.15) is 5.82 Å². The topological polar surface area (TPSA) is 96.7 Å². The maximum absolute atomic E-state index is 13.8. The van der Waals surface area contributed by atoms with Gasteiger partial charge in [0.15, 0.2) is 5.60 Å². The molecule has 8 heteroatoms. The van der Waals surface area contributed by atoms with Crippen LogP contribution in [0.3, 0.4) is 0 Å². The predicted octanol–water partition coefficient (Wildman–Crippen LogP) is 6.51. The van der Waals surface area contributed by atoms with Crippen molar-refractivity contribution >= 4 is 14.0 Å². The van der Waals surface area contributed by atoms with E-state index < -0.39 is 30.6 Å². The zero-order chi connectivity index (χ0) is 26.0. The number of hydrogen-bond donors (Lipinski definition) is 2. The highest BCUT2D eigenvalue weighted by molar-refractivity contribution is 7.42. The van der Waals surface area contributed by atoms with Crippen LogP contribution in [-0.2, 0) is 19.5 Å². The lowest BCUT2D eigenvalue weighted by molar-refractivity contribution is -0.149. The summed E-state index contributed by atoms with van der Waals surface area (Å²) in [5.74, 6) is -2.11. The Morgan fingerprint density at radius 1 is 1.11 bits per heavy atom. The van der Waals surface area contributed by atoms with E-state index in [0.29, 0.717) is 22.5 Å². The van der Waals surface area contributed by atoms with Crippen LogP contribution in [0.5, 0.6) is 0 Å². The maximum atomic E-state index is 13.8. The summed E-state index contributed by atoms with van der Waals surface area (Å²) in [5.41, 5.74) is 0.992. The normalized spacial score (nSPS) is 15.4. The van der Waals surface area contributed by atoms with Gasteiger partial charge in [-0.05, 0) is 46.7 Å². The molecule has 3 aromatic rings. The summed E-state index contributed by atoms with van der Waals surface area (Å²) in [4.78, 5) is 17.5. The third kappa shape index (κ3) is 4.64. The summed E-state index contributed by atoms with van der Waals surface area (Å²) in [6.07, 6.45) is -0.167. The van der Waals surface area contributed by atoms with E-state index in [4.69, 9.17) is 9.51 Å².